The van der Waals surface area contributed by atoms with Gasteiger partial charge in [0.2, 0.25) is 5.91 Å². The highest BCUT2D eigenvalue weighted by atomic mass is 79.9. The SMILES string of the molecule is Cc1cc(Br)ccc1NC(=O)CN(C)C(=O)c1ccc(C(C)C)cc1. The van der Waals surface area contributed by atoms with Crippen molar-refractivity contribution in [3.63, 3.8) is 0 Å². The summed E-state index contributed by atoms with van der Waals surface area (Å²) in [7, 11) is 1.63. The molecule has 2 aromatic carbocycles. The average Bonchev–Trinajstić information content (AvgIpc) is 2.56. The maximum absolute atomic E-state index is 12.5. The molecule has 0 aliphatic rings. The van der Waals surface area contributed by atoms with Crippen LogP contribution in [0.3, 0.4) is 0 Å². The highest BCUT2D eigenvalue weighted by Gasteiger charge is 2.15. The molecule has 132 valence electrons. The van der Waals surface area contributed by atoms with Crippen molar-refractivity contribution in [1.29, 1.82) is 0 Å². The second-order valence-corrected chi connectivity index (χ2v) is 7.36. The lowest BCUT2D eigenvalue weighted by Crippen LogP contribution is -2.35. The Morgan fingerprint density at radius 2 is 1.76 bits per heavy atom. The molecule has 0 aliphatic heterocycles. The number of aryl methyl sites for hydroxylation is 1. The van der Waals surface area contributed by atoms with Crippen LogP contribution in [0.1, 0.15) is 41.3 Å². The van der Waals surface area contributed by atoms with Gasteiger partial charge < -0.3 is 10.2 Å². The van der Waals surface area contributed by atoms with E-state index in [2.05, 4.69) is 35.1 Å². The van der Waals surface area contributed by atoms with Gasteiger partial charge >= 0.3 is 0 Å². The molecule has 0 aliphatic carbocycles. The third-order valence-corrected chi connectivity index (χ3v) is 4.51. The first kappa shape index (κ1) is 19.2. The molecule has 0 fully saturated rings. The maximum Gasteiger partial charge on any atom is 0.254 e. The third-order valence-electron chi connectivity index (χ3n) is 4.01. The number of nitrogens with zero attached hydrogens (tertiary/aromatic N) is 1. The van der Waals surface area contributed by atoms with E-state index < -0.39 is 0 Å². The monoisotopic (exact) mass is 402 g/mol. The zero-order chi connectivity index (χ0) is 18.6. The van der Waals surface area contributed by atoms with E-state index in [9.17, 15) is 9.59 Å². The van der Waals surface area contributed by atoms with Gasteiger partial charge in [-0.15, -0.1) is 0 Å². The molecule has 0 spiro atoms. The van der Waals surface area contributed by atoms with Gasteiger partial charge in [0.15, 0.2) is 0 Å². The molecule has 0 bridgehead atoms. The van der Waals surface area contributed by atoms with E-state index in [4.69, 9.17) is 0 Å². The van der Waals surface area contributed by atoms with Crippen molar-refractivity contribution in [1.82, 2.24) is 4.90 Å². The van der Waals surface area contributed by atoms with Crippen molar-refractivity contribution in [2.45, 2.75) is 26.7 Å². The fourth-order valence-electron chi connectivity index (χ4n) is 2.48. The standard InChI is InChI=1S/C20H23BrN2O2/c1-13(2)15-5-7-16(8-6-15)20(25)23(4)12-19(24)22-18-10-9-17(21)11-14(18)3/h5-11,13H,12H2,1-4H3,(H,22,24). The lowest BCUT2D eigenvalue weighted by atomic mass is 10.0. The van der Waals surface area contributed by atoms with Crippen LogP contribution in [0.2, 0.25) is 0 Å². The minimum absolute atomic E-state index is 0.000267. The number of rotatable bonds is 5. The molecule has 0 saturated carbocycles. The summed E-state index contributed by atoms with van der Waals surface area (Å²) in [5, 5.41) is 2.85. The van der Waals surface area contributed by atoms with Crippen molar-refractivity contribution in [2.24, 2.45) is 0 Å². The number of hydrogen-bond acceptors (Lipinski definition) is 2. The first-order chi connectivity index (χ1) is 11.8. The van der Waals surface area contributed by atoms with Crippen molar-refractivity contribution in [2.75, 3.05) is 18.9 Å². The van der Waals surface area contributed by atoms with Crippen LogP contribution in [0.4, 0.5) is 5.69 Å². The number of carbonyl (C=O) groups is 2. The number of carbonyl (C=O) groups excluding carboxylic acids is 2. The number of benzene rings is 2. The van der Waals surface area contributed by atoms with E-state index in [1.165, 1.54) is 10.5 Å². The van der Waals surface area contributed by atoms with Gasteiger partial charge in [-0.3, -0.25) is 9.59 Å². The summed E-state index contributed by atoms with van der Waals surface area (Å²) >= 11 is 3.40. The topological polar surface area (TPSA) is 49.4 Å². The van der Waals surface area contributed by atoms with Crippen LogP contribution < -0.4 is 5.32 Å². The van der Waals surface area contributed by atoms with Gasteiger partial charge in [-0.05, 0) is 54.3 Å². The molecule has 2 rings (SSSR count). The lowest BCUT2D eigenvalue weighted by molar-refractivity contribution is -0.116. The summed E-state index contributed by atoms with van der Waals surface area (Å²) in [6, 6.07) is 13.2. The summed E-state index contributed by atoms with van der Waals surface area (Å²) in [5.74, 6) is 0.0277. The highest BCUT2D eigenvalue weighted by Crippen LogP contribution is 2.20. The van der Waals surface area contributed by atoms with E-state index >= 15 is 0 Å². The van der Waals surface area contributed by atoms with Crippen LogP contribution in [0.5, 0.6) is 0 Å². The van der Waals surface area contributed by atoms with Crippen molar-refractivity contribution in [3.05, 3.63) is 63.6 Å². The lowest BCUT2D eigenvalue weighted by Gasteiger charge is -2.18. The summed E-state index contributed by atoms with van der Waals surface area (Å²) in [6.45, 7) is 6.14. The van der Waals surface area contributed by atoms with E-state index in [-0.39, 0.29) is 18.4 Å². The van der Waals surface area contributed by atoms with E-state index in [0.717, 1.165) is 15.7 Å². The molecule has 4 nitrogen and oxygen atoms in total. The van der Waals surface area contributed by atoms with Crippen molar-refractivity contribution in [3.8, 4) is 0 Å². The Bertz CT molecular complexity index is 770. The fraction of sp³-hybridized carbons (Fsp3) is 0.300. The molecule has 2 aromatic rings. The predicted octanol–water partition coefficient (Wildman–Crippen LogP) is 4.59. The van der Waals surface area contributed by atoms with Crippen LogP contribution in [-0.4, -0.2) is 30.3 Å². The smallest absolute Gasteiger partial charge is 0.254 e. The Morgan fingerprint density at radius 3 is 2.32 bits per heavy atom. The first-order valence-corrected chi connectivity index (χ1v) is 8.98. The summed E-state index contributed by atoms with van der Waals surface area (Å²) < 4.78 is 0.958. The van der Waals surface area contributed by atoms with E-state index in [0.29, 0.717) is 11.5 Å². The van der Waals surface area contributed by atoms with Crippen LogP contribution in [0, 0.1) is 6.92 Å². The number of nitrogens with one attached hydrogen (secondary N) is 1. The molecule has 25 heavy (non-hydrogen) atoms. The summed E-state index contributed by atoms with van der Waals surface area (Å²) in [6.07, 6.45) is 0. The summed E-state index contributed by atoms with van der Waals surface area (Å²) in [4.78, 5) is 26.1. The van der Waals surface area contributed by atoms with Gasteiger partial charge in [0, 0.05) is 22.8 Å². The molecule has 5 heteroatoms. The Balaban J connectivity index is 1.99. The van der Waals surface area contributed by atoms with Gasteiger partial charge in [-0.1, -0.05) is 41.9 Å². The highest BCUT2D eigenvalue weighted by molar-refractivity contribution is 9.10. The number of hydrogen-bond donors (Lipinski definition) is 1. The van der Waals surface area contributed by atoms with Crippen molar-refractivity contribution < 1.29 is 9.59 Å². The minimum atomic E-state index is -0.222. The zero-order valence-electron chi connectivity index (χ0n) is 15.0. The molecule has 2 amide bonds. The molecule has 0 unspecified atom stereocenters. The predicted molar refractivity (Wildman–Crippen MR) is 105 cm³/mol. The van der Waals surface area contributed by atoms with Gasteiger partial charge in [0.25, 0.3) is 5.91 Å². The first-order valence-electron chi connectivity index (χ1n) is 8.19. The van der Waals surface area contributed by atoms with Crippen LogP contribution >= 0.6 is 15.9 Å². The van der Waals surface area contributed by atoms with Crippen LogP contribution in [0.25, 0.3) is 0 Å². The second-order valence-electron chi connectivity index (χ2n) is 6.45. The van der Waals surface area contributed by atoms with Crippen LogP contribution in [-0.2, 0) is 4.79 Å². The fourth-order valence-corrected chi connectivity index (χ4v) is 2.95. The van der Waals surface area contributed by atoms with Gasteiger partial charge in [0.1, 0.15) is 0 Å². The molecular formula is C20H23BrN2O2. The Morgan fingerprint density at radius 1 is 1.12 bits per heavy atom. The normalized spacial score (nSPS) is 10.6. The molecule has 1 N–H and O–H groups in total. The Hall–Kier alpha value is -2.14. The quantitative estimate of drug-likeness (QED) is 0.794. The minimum Gasteiger partial charge on any atom is -0.332 e. The third kappa shape index (κ3) is 5.16. The van der Waals surface area contributed by atoms with E-state index in [1.54, 1.807) is 7.05 Å². The molecular weight excluding hydrogens is 380 g/mol. The summed E-state index contributed by atoms with van der Waals surface area (Å²) in [5.41, 5.74) is 3.47. The number of likely N-dealkylation sites (N-methyl/N-ethyl adjacent to an activating group) is 1. The van der Waals surface area contributed by atoms with Gasteiger partial charge in [0.05, 0.1) is 6.54 Å². The maximum atomic E-state index is 12.5. The number of halogens is 1. The van der Waals surface area contributed by atoms with Gasteiger partial charge in [-0.2, -0.15) is 0 Å². The Labute approximate surface area is 157 Å². The van der Waals surface area contributed by atoms with Crippen molar-refractivity contribution >= 4 is 33.4 Å². The molecule has 0 aromatic heterocycles. The molecule has 0 saturated heterocycles. The average molecular weight is 403 g/mol. The zero-order valence-corrected chi connectivity index (χ0v) is 16.6. The molecule has 0 radical (unpaired) electrons. The molecule has 0 heterocycles. The number of anilines is 1. The molecule has 0 atom stereocenters. The second kappa shape index (κ2) is 8.30. The van der Waals surface area contributed by atoms with Gasteiger partial charge in [-0.25, -0.2) is 0 Å². The largest absolute Gasteiger partial charge is 0.332 e. The van der Waals surface area contributed by atoms with E-state index in [1.807, 2.05) is 49.4 Å². The Kier molecular flexibility index (Phi) is 6.37. The van der Waals surface area contributed by atoms with Crippen LogP contribution in [0.15, 0.2) is 46.9 Å². The number of amides is 2.